The lowest BCUT2D eigenvalue weighted by Gasteiger charge is -2.19. The smallest absolute Gasteiger partial charge is 0.293 e. The third-order valence-corrected chi connectivity index (χ3v) is 6.62. The summed E-state index contributed by atoms with van der Waals surface area (Å²) in [4.78, 5) is 33.3. The molecule has 0 unspecified atom stereocenters. The van der Waals surface area contributed by atoms with E-state index < -0.39 is 15.9 Å². The number of benzene rings is 3. The van der Waals surface area contributed by atoms with Gasteiger partial charge in [0.1, 0.15) is 5.70 Å². The van der Waals surface area contributed by atoms with Gasteiger partial charge in [-0.3, -0.25) is 9.59 Å². The molecular formula is C26H25N5O4S. The maximum absolute atomic E-state index is 13.3. The van der Waals surface area contributed by atoms with E-state index in [1.54, 1.807) is 30.3 Å². The van der Waals surface area contributed by atoms with Crippen LogP contribution in [0, 0.1) is 0 Å². The highest BCUT2D eigenvalue weighted by atomic mass is 32.2. The zero-order valence-electron chi connectivity index (χ0n) is 20.0. The summed E-state index contributed by atoms with van der Waals surface area (Å²) in [5.74, 6) is -0.718. The molecule has 36 heavy (non-hydrogen) atoms. The fourth-order valence-corrected chi connectivity index (χ4v) is 4.51. The van der Waals surface area contributed by atoms with Gasteiger partial charge in [0.15, 0.2) is 5.84 Å². The lowest BCUT2D eigenvalue weighted by atomic mass is 10.1. The van der Waals surface area contributed by atoms with Crippen LogP contribution in [0.25, 0.3) is 6.08 Å². The summed E-state index contributed by atoms with van der Waals surface area (Å²) in [7, 11) is -0.281. The highest BCUT2D eigenvalue weighted by Crippen LogP contribution is 2.23. The average Bonchev–Trinajstić information content (AvgIpc) is 3.14. The lowest BCUT2D eigenvalue weighted by molar-refractivity contribution is -0.123. The molecule has 3 aromatic carbocycles. The molecule has 2 amide bonds. The molecule has 0 aromatic heterocycles. The van der Waals surface area contributed by atoms with E-state index in [-0.39, 0.29) is 22.3 Å². The third kappa shape index (κ3) is 5.51. The minimum atomic E-state index is -4.15. The maximum Gasteiger partial charge on any atom is 0.293 e. The molecule has 3 aromatic rings. The first-order valence-corrected chi connectivity index (χ1v) is 12.5. The van der Waals surface area contributed by atoms with Crippen LogP contribution in [0.2, 0.25) is 0 Å². The van der Waals surface area contributed by atoms with E-state index in [2.05, 4.69) is 15.1 Å². The fourth-order valence-electron chi connectivity index (χ4n) is 3.50. The molecular weight excluding hydrogens is 478 g/mol. The predicted molar refractivity (Wildman–Crippen MR) is 140 cm³/mol. The quantitative estimate of drug-likeness (QED) is 0.481. The molecule has 184 valence electrons. The Morgan fingerprint density at radius 2 is 1.58 bits per heavy atom. The monoisotopic (exact) mass is 503 g/mol. The zero-order valence-corrected chi connectivity index (χ0v) is 20.8. The van der Waals surface area contributed by atoms with Crippen LogP contribution in [0.1, 0.15) is 18.1 Å². The van der Waals surface area contributed by atoms with Crippen LogP contribution in [0.15, 0.2) is 94.4 Å². The Bertz CT molecular complexity index is 1450. The van der Waals surface area contributed by atoms with Crippen molar-refractivity contribution in [2.24, 2.45) is 4.99 Å². The van der Waals surface area contributed by atoms with Crippen LogP contribution in [0.3, 0.4) is 0 Å². The van der Waals surface area contributed by atoms with Crippen LogP contribution >= 0.6 is 0 Å². The second kappa shape index (κ2) is 10.1. The molecule has 9 nitrogen and oxygen atoms in total. The largest absolute Gasteiger partial charge is 0.378 e. The Balaban J connectivity index is 1.66. The fraction of sp³-hybridized carbons (Fsp3) is 0.115. The van der Waals surface area contributed by atoms with Crippen molar-refractivity contribution in [2.75, 3.05) is 24.3 Å². The number of amidine groups is 1. The normalized spacial score (nSPS) is 14.6. The van der Waals surface area contributed by atoms with E-state index in [0.29, 0.717) is 11.3 Å². The predicted octanol–water partition coefficient (Wildman–Crippen LogP) is 3.23. The molecule has 0 spiro atoms. The van der Waals surface area contributed by atoms with E-state index in [4.69, 9.17) is 0 Å². The first kappa shape index (κ1) is 24.8. The summed E-state index contributed by atoms with van der Waals surface area (Å²) in [6.45, 7) is 1.36. The molecule has 0 atom stereocenters. The topological polar surface area (TPSA) is 111 Å². The Hall–Kier alpha value is -4.28. The van der Waals surface area contributed by atoms with Gasteiger partial charge >= 0.3 is 0 Å². The average molecular weight is 504 g/mol. The standard InChI is InChI=1S/C26H25N5O4S/c1-18(32)27-21-11-15-23(16-12-21)36(34,35)29-31-25(20-7-5-4-6-8-20)28-24(26(31)33)17-19-9-13-22(14-10-19)30(2)3/h4-17,29H,1-3H3,(H,27,32). The second-order valence-corrected chi connectivity index (χ2v) is 9.92. The number of carbonyl (C=O) groups is 2. The molecule has 10 heteroatoms. The van der Waals surface area contributed by atoms with Gasteiger partial charge < -0.3 is 10.2 Å². The number of anilines is 2. The van der Waals surface area contributed by atoms with Gasteiger partial charge in [-0.2, -0.15) is 0 Å². The number of carbonyl (C=O) groups excluding carboxylic acids is 2. The maximum atomic E-state index is 13.3. The van der Waals surface area contributed by atoms with Crippen LogP contribution in [-0.4, -0.2) is 45.2 Å². The first-order valence-electron chi connectivity index (χ1n) is 11.0. The number of nitrogens with one attached hydrogen (secondary N) is 2. The van der Waals surface area contributed by atoms with Gasteiger partial charge in [-0.05, 0) is 48.0 Å². The number of aliphatic imine (C=N–C) groups is 1. The van der Waals surface area contributed by atoms with Crippen molar-refractivity contribution < 1.29 is 18.0 Å². The summed E-state index contributed by atoms with van der Waals surface area (Å²) in [5.41, 5.74) is 2.87. The van der Waals surface area contributed by atoms with Crippen LogP contribution in [-0.2, 0) is 19.6 Å². The number of hydrogen-bond acceptors (Lipinski definition) is 6. The van der Waals surface area contributed by atoms with Crippen molar-refractivity contribution >= 4 is 45.1 Å². The van der Waals surface area contributed by atoms with E-state index in [0.717, 1.165) is 16.3 Å². The molecule has 1 heterocycles. The van der Waals surface area contributed by atoms with Crippen LogP contribution in [0.4, 0.5) is 11.4 Å². The van der Waals surface area contributed by atoms with E-state index in [9.17, 15) is 18.0 Å². The number of rotatable bonds is 7. The third-order valence-electron chi connectivity index (χ3n) is 5.30. The van der Waals surface area contributed by atoms with Crippen molar-refractivity contribution in [3.05, 3.63) is 95.7 Å². The van der Waals surface area contributed by atoms with Crippen molar-refractivity contribution in [3.63, 3.8) is 0 Å². The van der Waals surface area contributed by atoms with E-state index in [1.165, 1.54) is 31.2 Å². The Labute approximate surface area is 209 Å². The number of hydrazine groups is 1. The molecule has 0 radical (unpaired) electrons. The molecule has 1 aliphatic rings. The van der Waals surface area contributed by atoms with Crippen molar-refractivity contribution in [3.8, 4) is 0 Å². The Morgan fingerprint density at radius 1 is 0.944 bits per heavy atom. The molecule has 0 aliphatic carbocycles. The van der Waals surface area contributed by atoms with Crippen molar-refractivity contribution in [1.29, 1.82) is 0 Å². The molecule has 1 aliphatic heterocycles. The summed E-state index contributed by atoms with van der Waals surface area (Å²) in [6.07, 6.45) is 1.61. The highest BCUT2D eigenvalue weighted by molar-refractivity contribution is 7.89. The minimum absolute atomic E-state index is 0.0754. The van der Waals surface area contributed by atoms with Gasteiger partial charge in [0.2, 0.25) is 5.91 Å². The number of sulfonamides is 1. The van der Waals surface area contributed by atoms with Gasteiger partial charge in [-0.15, -0.1) is 4.83 Å². The minimum Gasteiger partial charge on any atom is -0.378 e. The van der Waals surface area contributed by atoms with Gasteiger partial charge in [0.25, 0.3) is 15.9 Å². The summed E-state index contributed by atoms with van der Waals surface area (Å²) < 4.78 is 26.3. The van der Waals surface area contributed by atoms with Gasteiger partial charge in [0, 0.05) is 38.0 Å². The van der Waals surface area contributed by atoms with Gasteiger partial charge in [-0.1, -0.05) is 42.5 Å². The Morgan fingerprint density at radius 3 is 2.17 bits per heavy atom. The molecule has 2 N–H and O–H groups in total. The highest BCUT2D eigenvalue weighted by Gasteiger charge is 2.34. The van der Waals surface area contributed by atoms with Crippen LogP contribution in [0.5, 0.6) is 0 Å². The van der Waals surface area contributed by atoms with E-state index in [1.807, 2.05) is 49.3 Å². The van der Waals surface area contributed by atoms with Gasteiger partial charge in [-0.25, -0.2) is 18.4 Å². The first-order chi connectivity index (χ1) is 17.1. The number of hydrogen-bond donors (Lipinski definition) is 2. The summed E-state index contributed by atoms with van der Waals surface area (Å²) in [5, 5.41) is 3.52. The second-order valence-electron chi connectivity index (χ2n) is 8.26. The zero-order chi connectivity index (χ0) is 25.9. The van der Waals surface area contributed by atoms with Crippen molar-refractivity contribution in [1.82, 2.24) is 9.84 Å². The lowest BCUT2D eigenvalue weighted by Crippen LogP contribution is -2.47. The Kier molecular flexibility index (Phi) is 7.00. The number of amides is 2. The van der Waals surface area contributed by atoms with Crippen LogP contribution < -0.4 is 15.0 Å². The van der Waals surface area contributed by atoms with E-state index >= 15 is 0 Å². The van der Waals surface area contributed by atoms with Crippen molar-refractivity contribution in [2.45, 2.75) is 11.8 Å². The molecule has 0 saturated carbocycles. The molecule has 0 saturated heterocycles. The molecule has 0 bridgehead atoms. The number of nitrogens with zero attached hydrogens (tertiary/aromatic N) is 3. The van der Waals surface area contributed by atoms with Gasteiger partial charge in [0.05, 0.1) is 4.90 Å². The molecule has 4 rings (SSSR count). The SMILES string of the molecule is CC(=O)Nc1ccc(S(=O)(=O)NN2C(=O)C(=Cc3ccc(N(C)C)cc3)N=C2c2ccccc2)cc1. The molecule has 0 fully saturated rings. The summed E-state index contributed by atoms with van der Waals surface area (Å²) >= 11 is 0. The summed E-state index contributed by atoms with van der Waals surface area (Å²) in [6, 6.07) is 22.0.